The van der Waals surface area contributed by atoms with Gasteiger partial charge >= 0.3 is 0 Å². The lowest BCUT2D eigenvalue weighted by Gasteiger charge is -2.21. The fraction of sp³-hybridized carbons (Fsp3) is 0.571. The highest BCUT2D eigenvalue weighted by Gasteiger charge is 2.25. The number of sulfonamides is 1. The Morgan fingerprint density at radius 1 is 1.10 bits per heavy atom. The van der Waals surface area contributed by atoms with Crippen LogP contribution in [-0.2, 0) is 10.0 Å². The fourth-order valence-corrected chi connectivity index (χ4v) is 3.63. The van der Waals surface area contributed by atoms with E-state index in [2.05, 4.69) is 0 Å². The summed E-state index contributed by atoms with van der Waals surface area (Å²) >= 11 is 0. The molecule has 0 spiro atoms. The van der Waals surface area contributed by atoms with Gasteiger partial charge in [0.1, 0.15) is 4.90 Å². The van der Waals surface area contributed by atoms with Crippen molar-refractivity contribution in [1.29, 1.82) is 0 Å². The molecule has 6 heteroatoms. The van der Waals surface area contributed by atoms with Crippen LogP contribution in [0.4, 0.5) is 5.69 Å². The number of benzene rings is 1. The zero-order valence-corrected chi connectivity index (χ0v) is 13.8. The van der Waals surface area contributed by atoms with E-state index in [1.807, 2.05) is 32.0 Å². The number of aryl methyl sites for hydroxylation is 1. The van der Waals surface area contributed by atoms with Crippen molar-refractivity contribution in [3.63, 3.8) is 0 Å². The highest BCUT2D eigenvalue weighted by molar-refractivity contribution is 7.89. The molecular weight excluding hydrogens is 274 g/mol. The highest BCUT2D eigenvalue weighted by atomic mass is 32.2. The third-order valence-corrected chi connectivity index (χ3v) is 5.51. The average Bonchev–Trinajstić information content (AvgIpc) is 2.33. The van der Waals surface area contributed by atoms with E-state index in [0.717, 1.165) is 24.1 Å². The van der Waals surface area contributed by atoms with Gasteiger partial charge in [-0.05, 0) is 58.1 Å². The Morgan fingerprint density at radius 2 is 1.70 bits per heavy atom. The lowest BCUT2D eigenvalue weighted by Crippen LogP contribution is -2.31. The Labute approximate surface area is 122 Å². The lowest BCUT2D eigenvalue weighted by molar-refractivity contribution is 0.370. The Balaban J connectivity index is 3.02. The van der Waals surface area contributed by atoms with Gasteiger partial charge in [0.05, 0.1) is 5.69 Å². The molecule has 2 N–H and O–H groups in total. The van der Waals surface area contributed by atoms with Gasteiger partial charge in [-0.15, -0.1) is 0 Å². The fourth-order valence-electron chi connectivity index (χ4n) is 2.04. The van der Waals surface area contributed by atoms with E-state index in [4.69, 9.17) is 5.73 Å². The Bertz CT molecular complexity index is 568. The Morgan fingerprint density at radius 3 is 2.25 bits per heavy atom. The second-order valence-electron chi connectivity index (χ2n) is 5.41. The number of rotatable bonds is 6. The Hall–Kier alpha value is -1.11. The molecule has 0 atom stereocenters. The second kappa shape index (κ2) is 6.56. The summed E-state index contributed by atoms with van der Waals surface area (Å²) < 4.78 is 26.7. The third kappa shape index (κ3) is 3.71. The predicted molar refractivity (Wildman–Crippen MR) is 83.3 cm³/mol. The monoisotopic (exact) mass is 299 g/mol. The van der Waals surface area contributed by atoms with Gasteiger partial charge in [0.2, 0.25) is 10.0 Å². The minimum absolute atomic E-state index is 0.241. The summed E-state index contributed by atoms with van der Waals surface area (Å²) in [6.07, 6.45) is 0.785. The molecule has 0 heterocycles. The number of nitrogens with two attached hydrogens (primary N) is 1. The SMILES string of the molecule is Cc1ccc(N)c(S(=O)(=O)N(C)CCCN(C)C)c1C. The molecule has 0 aliphatic heterocycles. The molecule has 114 valence electrons. The molecule has 0 radical (unpaired) electrons. The van der Waals surface area contributed by atoms with Crippen LogP contribution in [0.2, 0.25) is 0 Å². The van der Waals surface area contributed by atoms with Gasteiger partial charge in [-0.25, -0.2) is 12.7 Å². The van der Waals surface area contributed by atoms with Crippen molar-refractivity contribution in [1.82, 2.24) is 9.21 Å². The number of hydrogen-bond acceptors (Lipinski definition) is 4. The molecule has 0 amide bonds. The van der Waals surface area contributed by atoms with Crippen LogP contribution in [0.3, 0.4) is 0 Å². The van der Waals surface area contributed by atoms with Gasteiger partial charge in [-0.2, -0.15) is 0 Å². The third-order valence-electron chi connectivity index (χ3n) is 3.45. The smallest absolute Gasteiger partial charge is 0.245 e. The average molecular weight is 299 g/mol. The molecular formula is C14H25N3O2S. The van der Waals surface area contributed by atoms with E-state index < -0.39 is 10.0 Å². The number of nitrogens with zero attached hydrogens (tertiary/aromatic N) is 2. The van der Waals surface area contributed by atoms with E-state index in [0.29, 0.717) is 12.2 Å². The van der Waals surface area contributed by atoms with Crippen LogP contribution >= 0.6 is 0 Å². The summed E-state index contributed by atoms with van der Waals surface area (Å²) in [6, 6.07) is 3.50. The zero-order chi connectivity index (χ0) is 15.5. The molecule has 5 nitrogen and oxygen atoms in total. The van der Waals surface area contributed by atoms with Crippen molar-refractivity contribution in [2.45, 2.75) is 25.2 Å². The maximum atomic E-state index is 12.6. The van der Waals surface area contributed by atoms with Crippen molar-refractivity contribution < 1.29 is 8.42 Å². The van der Waals surface area contributed by atoms with Crippen LogP contribution in [-0.4, -0.2) is 51.9 Å². The van der Waals surface area contributed by atoms with Crippen molar-refractivity contribution >= 4 is 15.7 Å². The first-order chi connectivity index (χ1) is 9.17. The van der Waals surface area contributed by atoms with E-state index in [9.17, 15) is 8.42 Å². The molecule has 1 aromatic carbocycles. The summed E-state index contributed by atoms with van der Waals surface area (Å²) in [7, 11) is 2.01. The van der Waals surface area contributed by atoms with Crippen molar-refractivity contribution in [2.24, 2.45) is 0 Å². The standard InChI is InChI=1S/C14H25N3O2S/c1-11-7-8-13(15)14(12(11)2)20(18,19)17(5)10-6-9-16(3)4/h7-8H,6,9-10,15H2,1-5H3. The summed E-state index contributed by atoms with van der Waals surface area (Å²) in [6.45, 7) is 5.02. The normalized spacial score (nSPS) is 12.3. The highest BCUT2D eigenvalue weighted by Crippen LogP contribution is 2.27. The van der Waals surface area contributed by atoms with Gasteiger partial charge in [-0.3, -0.25) is 0 Å². The summed E-state index contributed by atoms with van der Waals surface area (Å²) in [4.78, 5) is 2.28. The number of nitrogen functional groups attached to an aromatic ring is 1. The number of hydrogen-bond donors (Lipinski definition) is 1. The molecule has 0 unspecified atom stereocenters. The van der Waals surface area contributed by atoms with Crippen LogP contribution in [0.5, 0.6) is 0 Å². The minimum atomic E-state index is -3.53. The molecule has 0 bridgehead atoms. The van der Waals surface area contributed by atoms with Crippen LogP contribution in [0.1, 0.15) is 17.5 Å². The molecule has 0 saturated carbocycles. The molecule has 0 fully saturated rings. The maximum absolute atomic E-state index is 12.6. The first-order valence-electron chi connectivity index (χ1n) is 6.64. The van der Waals surface area contributed by atoms with E-state index in [1.54, 1.807) is 20.0 Å². The van der Waals surface area contributed by atoms with Gasteiger partial charge in [0, 0.05) is 13.6 Å². The maximum Gasteiger partial charge on any atom is 0.245 e. The topological polar surface area (TPSA) is 66.6 Å². The van der Waals surface area contributed by atoms with Crippen LogP contribution < -0.4 is 5.73 Å². The molecule has 1 rings (SSSR count). The minimum Gasteiger partial charge on any atom is -0.398 e. The molecule has 1 aromatic rings. The first-order valence-corrected chi connectivity index (χ1v) is 8.08. The lowest BCUT2D eigenvalue weighted by atomic mass is 10.1. The molecule has 0 aromatic heterocycles. The van der Waals surface area contributed by atoms with Crippen molar-refractivity contribution in [3.8, 4) is 0 Å². The largest absolute Gasteiger partial charge is 0.398 e. The van der Waals surface area contributed by atoms with E-state index >= 15 is 0 Å². The van der Waals surface area contributed by atoms with Gasteiger partial charge < -0.3 is 10.6 Å². The molecule has 0 aliphatic rings. The van der Waals surface area contributed by atoms with Crippen LogP contribution in [0, 0.1) is 13.8 Å². The first kappa shape index (κ1) is 16.9. The van der Waals surface area contributed by atoms with E-state index in [1.165, 1.54) is 4.31 Å². The number of anilines is 1. The van der Waals surface area contributed by atoms with Crippen LogP contribution in [0.15, 0.2) is 17.0 Å². The Kier molecular flexibility index (Phi) is 5.56. The molecule has 0 saturated heterocycles. The quantitative estimate of drug-likeness (QED) is 0.808. The van der Waals surface area contributed by atoms with Crippen molar-refractivity contribution in [2.75, 3.05) is 40.0 Å². The zero-order valence-electron chi connectivity index (χ0n) is 13.0. The summed E-state index contributed by atoms with van der Waals surface area (Å²) in [5, 5.41) is 0. The van der Waals surface area contributed by atoms with Gasteiger partial charge in [-0.1, -0.05) is 6.07 Å². The van der Waals surface area contributed by atoms with Crippen molar-refractivity contribution in [3.05, 3.63) is 23.3 Å². The molecule has 20 heavy (non-hydrogen) atoms. The van der Waals surface area contributed by atoms with Crippen LogP contribution in [0.25, 0.3) is 0 Å². The van der Waals surface area contributed by atoms with Gasteiger partial charge in [0.15, 0.2) is 0 Å². The molecule has 0 aliphatic carbocycles. The second-order valence-corrected chi connectivity index (χ2v) is 7.39. The van der Waals surface area contributed by atoms with E-state index in [-0.39, 0.29) is 4.90 Å². The predicted octanol–water partition coefficient (Wildman–Crippen LogP) is 1.46. The summed E-state index contributed by atoms with van der Waals surface area (Å²) in [5.74, 6) is 0. The summed E-state index contributed by atoms with van der Waals surface area (Å²) in [5.41, 5.74) is 7.85. The van der Waals surface area contributed by atoms with Gasteiger partial charge in [0.25, 0.3) is 0 Å².